The smallest absolute Gasteiger partial charge is 0.234 e. The van der Waals surface area contributed by atoms with E-state index in [9.17, 15) is 13.2 Å². The number of carbonyl (C=O) groups is 1. The van der Waals surface area contributed by atoms with E-state index in [0.717, 1.165) is 37.1 Å². The summed E-state index contributed by atoms with van der Waals surface area (Å²) in [6.07, 6.45) is 3.92. The predicted octanol–water partition coefficient (Wildman–Crippen LogP) is 1.99. The number of amides is 1. The van der Waals surface area contributed by atoms with Crippen molar-refractivity contribution in [3.8, 4) is 5.75 Å². The molecule has 2 aliphatic rings. The molecular formula is C20H30N2O4S. The molecule has 2 atom stereocenters. The molecule has 6 nitrogen and oxygen atoms in total. The number of nitrogens with one attached hydrogen (secondary N) is 1. The molecule has 0 aromatic heterocycles. The molecule has 27 heavy (non-hydrogen) atoms. The fraction of sp³-hybridized carbons (Fsp3) is 0.650. The second-order valence-corrected chi connectivity index (χ2v) is 9.96. The number of ether oxygens (including phenoxy) is 1. The van der Waals surface area contributed by atoms with Gasteiger partial charge < -0.3 is 10.1 Å². The Hall–Kier alpha value is -1.60. The summed E-state index contributed by atoms with van der Waals surface area (Å²) >= 11 is 0. The highest BCUT2D eigenvalue weighted by molar-refractivity contribution is 7.91. The van der Waals surface area contributed by atoms with Gasteiger partial charge in [0.05, 0.1) is 18.1 Å². The van der Waals surface area contributed by atoms with E-state index in [2.05, 4.69) is 17.1 Å². The normalized spacial score (nSPS) is 24.6. The molecule has 1 fully saturated rings. The molecule has 2 aliphatic heterocycles. The largest absolute Gasteiger partial charge is 0.489 e. The number of para-hydroxylation sites is 1. The molecule has 1 N–H and O–H groups in total. The van der Waals surface area contributed by atoms with E-state index in [1.165, 1.54) is 0 Å². The third kappa shape index (κ3) is 5.94. The summed E-state index contributed by atoms with van der Waals surface area (Å²) in [5.41, 5.74) is 1.10. The van der Waals surface area contributed by atoms with Gasteiger partial charge in [0.2, 0.25) is 5.91 Å². The average molecular weight is 395 g/mol. The van der Waals surface area contributed by atoms with Gasteiger partial charge in [-0.3, -0.25) is 9.69 Å². The quantitative estimate of drug-likeness (QED) is 0.765. The van der Waals surface area contributed by atoms with Crippen molar-refractivity contribution >= 4 is 15.7 Å². The average Bonchev–Trinajstić information content (AvgIpc) is 2.88. The minimum Gasteiger partial charge on any atom is -0.489 e. The van der Waals surface area contributed by atoms with Crippen LogP contribution >= 0.6 is 0 Å². The highest BCUT2D eigenvalue weighted by Gasteiger charge is 2.28. The van der Waals surface area contributed by atoms with Crippen molar-refractivity contribution in [1.29, 1.82) is 0 Å². The second kappa shape index (κ2) is 9.06. The Balaban J connectivity index is 1.56. The maximum Gasteiger partial charge on any atom is 0.234 e. The molecule has 1 aromatic rings. The van der Waals surface area contributed by atoms with Crippen LogP contribution in [0.5, 0.6) is 5.75 Å². The van der Waals surface area contributed by atoms with Crippen LogP contribution in [0.2, 0.25) is 0 Å². The van der Waals surface area contributed by atoms with Crippen molar-refractivity contribution < 1.29 is 17.9 Å². The number of rotatable bonds is 7. The lowest BCUT2D eigenvalue weighted by molar-refractivity contribution is -0.122. The lowest BCUT2D eigenvalue weighted by atomic mass is 10.1. The molecule has 3 rings (SSSR count). The first-order valence-corrected chi connectivity index (χ1v) is 11.7. The molecule has 1 aromatic carbocycles. The van der Waals surface area contributed by atoms with Gasteiger partial charge in [-0.25, -0.2) is 8.42 Å². The summed E-state index contributed by atoms with van der Waals surface area (Å²) in [6, 6.07) is 8.02. The Morgan fingerprint density at radius 2 is 2.15 bits per heavy atom. The number of unbranched alkanes of at least 4 members (excludes halogenated alkanes) is 1. The van der Waals surface area contributed by atoms with Crippen LogP contribution in [-0.4, -0.2) is 56.5 Å². The topological polar surface area (TPSA) is 75.7 Å². The third-order valence-electron chi connectivity index (χ3n) is 5.28. The Bertz CT molecular complexity index is 750. The van der Waals surface area contributed by atoms with Crippen molar-refractivity contribution in [1.82, 2.24) is 10.2 Å². The summed E-state index contributed by atoms with van der Waals surface area (Å²) < 4.78 is 29.3. The molecule has 7 heteroatoms. The minimum absolute atomic E-state index is 0.0458. The molecule has 0 bridgehead atoms. The van der Waals surface area contributed by atoms with Crippen LogP contribution < -0.4 is 10.1 Å². The highest BCUT2D eigenvalue weighted by atomic mass is 32.2. The van der Waals surface area contributed by atoms with Crippen LogP contribution in [0.15, 0.2) is 24.3 Å². The molecule has 0 radical (unpaired) electrons. The summed E-state index contributed by atoms with van der Waals surface area (Å²) in [5, 5.41) is 2.93. The monoisotopic (exact) mass is 394 g/mol. The second-order valence-electron chi connectivity index (χ2n) is 7.73. The molecule has 2 heterocycles. The third-order valence-corrected chi connectivity index (χ3v) is 7.12. The van der Waals surface area contributed by atoms with Crippen LogP contribution in [-0.2, 0) is 21.2 Å². The van der Waals surface area contributed by atoms with Crippen molar-refractivity contribution in [3.63, 3.8) is 0 Å². The first-order chi connectivity index (χ1) is 12.9. The molecule has 1 amide bonds. The maximum absolute atomic E-state index is 12.4. The molecular weight excluding hydrogens is 364 g/mol. The van der Waals surface area contributed by atoms with Gasteiger partial charge in [-0.1, -0.05) is 31.5 Å². The molecule has 0 aliphatic carbocycles. The van der Waals surface area contributed by atoms with E-state index in [0.29, 0.717) is 26.1 Å². The summed E-state index contributed by atoms with van der Waals surface area (Å²) in [5.74, 6) is 1.35. The van der Waals surface area contributed by atoms with Crippen molar-refractivity contribution in [2.24, 2.45) is 5.92 Å². The van der Waals surface area contributed by atoms with Gasteiger partial charge >= 0.3 is 0 Å². The molecule has 0 saturated carbocycles. The van der Waals surface area contributed by atoms with E-state index in [-0.39, 0.29) is 29.4 Å². The zero-order valence-corrected chi connectivity index (χ0v) is 16.8. The van der Waals surface area contributed by atoms with Crippen LogP contribution in [0.25, 0.3) is 0 Å². The Morgan fingerprint density at radius 1 is 1.33 bits per heavy atom. The number of fused-ring (bicyclic) bond motifs is 1. The minimum atomic E-state index is -2.90. The molecule has 150 valence electrons. The zero-order chi connectivity index (χ0) is 19.3. The van der Waals surface area contributed by atoms with Gasteiger partial charge in [-0.05, 0) is 31.2 Å². The SMILES string of the molecule is CCCCC1CN(CC(=O)NCC2CCS(=O)(=O)C2)Cc2ccccc2O1. The first-order valence-electron chi connectivity index (χ1n) is 9.89. The van der Waals surface area contributed by atoms with Gasteiger partial charge in [0.25, 0.3) is 0 Å². The standard InChI is InChI=1S/C20H30N2O4S/c1-2-3-7-18-13-22(12-17-6-4-5-8-19(17)26-18)14-20(23)21-11-16-9-10-27(24,25)15-16/h4-6,8,16,18H,2-3,7,9-15H2,1H3,(H,21,23). The lowest BCUT2D eigenvalue weighted by Crippen LogP contribution is -2.41. The molecule has 1 saturated heterocycles. The van der Waals surface area contributed by atoms with Crippen LogP contribution in [0, 0.1) is 5.92 Å². The van der Waals surface area contributed by atoms with Gasteiger partial charge in [0.15, 0.2) is 9.84 Å². The van der Waals surface area contributed by atoms with Crippen LogP contribution in [0.1, 0.15) is 38.2 Å². The molecule has 0 spiro atoms. The fourth-order valence-electron chi connectivity index (χ4n) is 3.81. The van der Waals surface area contributed by atoms with Crippen LogP contribution in [0.3, 0.4) is 0 Å². The van der Waals surface area contributed by atoms with Gasteiger partial charge in [-0.2, -0.15) is 0 Å². The number of sulfone groups is 1. The number of hydrogen-bond donors (Lipinski definition) is 1. The van der Waals surface area contributed by atoms with Crippen molar-refractivity contribution in [3.05, 3.63) is 29.8 Å². The first kappa shape index (κ1) is 20.1. The zero-order valence-electron chi connectivity index (χ0n) is 16.0. The van der Waals surface area contributed by atoms with E-state index in [1.54, 1.807) is 0 Å². The van der Waals surface area contributed by atoms with E-state index in [1.807, 2.05) is 24.3 Å². The highest BCUT2D eigenvalue weighted by Crippen LogP contribution is 2.26. The fourth-order valence-corrected chi connectivity index (χ4v) is 5.67. The number of carbonyl (C=O) groups excluding carboxylic acids is 1. The van der Waals surface area contributed by atoms with Gasteiger partial charge in [0, 0.05) is 25.2 Å². The predicted molar refractivity (Wildman–Crippen MR) is 105 cm³/mol. The van der Waals surface area contributed by atoms with E-state index in [4.69, 9.17) is 4.74 Å². The van der Waals surface area contributed by atoms with Crippen molar-refractivity contribution in [2.75, 3.05) is 31.1 Å². The van der Waals surface area contributed by atoms with Crippen molar-refractivity contribution in [2.45, 2.75) is 45.3 Å². The Morgan fingerprint density at radius 3 is 2.89 bits per heavy atom. The van der Waals surface area contributed by atoms with Gasteiger partial charge in [-0.15, -0.1) is 0 Å². The number of benzene rings is 1. The Labute approximate surface area is 162 Å². The summed E-state index contributed by atoms with van der Waals surface area (Å²) in [4.78, 5) is 14.6. The number of hydrogen-bond acceptors (Lipinski definition) is 5. The van der Waals surface area contributed by atoms with Gasteiger partial charge in [0.1, 0.15) is 11.9 Å². The number of nitrogens with zero attached hydrogens (tertiary/aromatic N) is 1. The Kier molecular flexibility index (Phi) is 6.76. The summed E-state index contributed by atoms with van der Waals surface area (Å²) in [7, 11) is -2.90. The van der Waals surface area contributed by atoms with E-state index < -0.39 is 9.84 Å². The van der Waals surface area contributed by atoms with E-state index >= 15 is 0 Å². The maximum atomic E-state index is 12.4. The lowest BCUT2D eigenvalue weighted by Gasteiger charge is -2.23. The molecule has 2 unspecified atom stereocenters. The summed E-state index contributed by atoms with van der Waals surface area (Å²) in [6.45, 7) is 4.32. The van der Waals surface area contributed by atoms with Crippen LogP contribution in [0.4, 0.5) is 0 Å².